The fraction of sp³-hybridized carbons (Fsp3) is 0.353. The zero-order chi connectivity index (χ0) is 15.5. The summed E-state index contributed by atoms with van der Waals surface area (Å²) in [4.78, 5) is 4.02. The van der Waals surface area contributed by atoms with E-state index >= 15 is 0 Å². The van der Waals surface area contributed by atoms with Crippen molar-refractivity contribution >= 4 is 0 Å². The number of hydrogen-bond donors (Lipinski definition) is 1. The van der Waals surface area contributed by atoms with Crippen LogP contribution in [0.2, 0.25) is 0 Å². The van der Waals surface area contributed by atoms with E-state index in [4.69, 9.17) is 4.74 Å². The number of ether oxygens (including phenoxy) is 1. The van der Waals surface area contributed by atoms with Crippen LogP contribution in [0.4, 0.5) is 4.39 Å². The maximum atomic E-state index is 13.0. The van der Waals surface area contributed by atoms with Gasteiger partial charge in [-0.15, -0.1) is 0 Å². The number of nitrogens with zero attached hydrogens (tertiary/aromatic N) is 1. The molecule has 21 heavy (non-hydrogen) atoms. The first-order valence-electron chi connectivity index (χ1n) is 7.07. The normalized spacial score (nSPS) is 14.0. The molecule has 0 fully saturated rings. The molecule has 0 aliphatic carbocycles. The van der Waals surface area contributed by atoms with E-state index < -0.39 is 11.4 Å². The maximum Gasteiger partial charge on any atom is 0.141 e. The molecule has 112 valence electrons. The van der Waals surface area contributed by atoms with Crippen molar-refractivity contribution in [3.05, 3.63) is 59.7 Å². The van der Waals surface area contributed by atoms with Crippen LogP contribution in [0.3, 0.4) is 0 Å². The average Bonchev–Trinajstić information content (AvgIpc) is 2.47. The van der Waals surface area contributed by atoms with Gasteiger partial charge in [-0.1, -0.05) is 19.1 Å². The standard InChI is InChI=1S/C17H20FNO2/c1-4-17(20,16-9-8-14(18)11-19-16)13-6-5-7-15(10-13)21-12(2)3/h5-12,20H,4H2,1-3H3. The second kappa shape index (κ2) is 6.22. The predicted molar refractivity (Wildman–Crippen MR) is 79.7 cm³/mol. The number of halogens is 1. The lowest BCUT2D eigenvalue weighted by Gasteiger charge is -2.27. The smallest absolute Gasteiger partial charge is 0.141 e. The Balaban J connectivity index is 2.42. The fourth-order valence-corrected chi connectivity index (χ4v) is 2.25. The minimum atomic E-state index is -1.26. The van der Waals surface area contributed by atoms with E-state index in [9.17, 15) is 9.50 Å². The van der Waals surface area contributed by atoms with E-state index in [0.29, 0.717) is 23.4 Å². The Morgan fingerprint density at radius 2 is 2.05 bits per heavy atom. The fourth-order valence-electron chi connectivity index (χ4n) is 2.25. The second-order valence-electron chi connectivity index (χ2n) is 5.27. The van der Waals surface area contributed by atoms with Gasteiger partial charge in [0.15, 0.2) is 0 Å². The van der Waals surface area contributed by atoms with Crippen LogP contribution in [0.5, 0.6) is 5.75 Å². The van der Waals surface area contributed by atoms with Gasteiger partial charge < -0.3 is 9.84 Å². The topological polar surface area (TPSA) is 42.4 Å². The summed E-state index contributed by atoms with van der Waals surface area (Å²) in [5.41, 5.74) is -0.153. The Kier molecular flexibility index (Phi) is 4.58. The summed E-state index contributed by atoms with van der Waals surface area (Å²) in [7, 11) is 0. The SMILES string of the molecule is CCC(O)(c1cccc(OC(C)C)c1)c1ccc(F)cn1. The van der Waals surface area contributed by atoms with Crippen LogP contribution < -0.4 is 4.74 Å². The van der Waals surface area contributed by atoms with Crippen LogP contribution in [0.25, 0.3) is 0 Å². The van der Waals surface area contributed by atoms with Crippen LogP contribution in [0.15, 0.2) is 42.6 Å². The van der Waals surface area contributed by atoms with Gasteiger partial charge >= 0.3 is 0 Å². The predicted octanol–water partition coefficient (Wildman–Crippen LogP) is 3.65. The van der Waals surface area contributed by atoms with Crippen molar-refractivity contribution < 1.29 is 14.2 Å². The van der Waals surface area contributed by atoms with Crippen molar-refractivity contribution in [2.45, 2.75) is 38.9 Å². The van der Waals surface area contributed by atoms with Gasteiger partial charge in [0.25, 0.3) is 0 Å². The lowest BCUT2D eigenvalue weighted by Crippen LogP contribution is -2.27. The number of benzene rings is 1. The Hall–Kier alpha value is -1.94. The molecule has 1 N–H and O–H groups in total. The molecule has 0 aliphatic heterocycles. The zero-order valence-corrected chi connectivity index (χ0v) is 12.5. The molecular formula is C17H20FNO2. The molecule has 0 saturated carbocycles. The lowest BCUT2D eigenvalue weighted by molar-refractivity contribution is 0.0713. The molecule has 4 heteroatoms. The maximum absolute atomic E-state index is 13.0. The molecule has 0 radical (unpaired) electrons. The molecule has 2 aromatic rings. The molecule has 0 spiro atoms. The zero-order valence-electron chi connectivity index (χ0n) is 12.5. The third kappa shape index (κ3) is 3.39. The monoisotopic (exact) mass is 289 g/mol. The van der Waals surface area contributed by atoms with Gasteiger partial charge in [0, 0.05) is 0 Å². The molecule has 0 amide bonds. The highest BCUT2D eigenvalue weighted by molar-refractivity contribution is 5.37. The molecule has 0 saturated heterocycles. The van der Waals surface area contributed by atoms with Crippen LogP contribution in [0, 0.1) is 5.82 Å². The first kappa shape index (κ1) is 15.4. The largest absolute Gasteiger partial charge is 0.491 e. The van der Waals surface area contributed by atoms with Crippen molar-refractivity contribution in [3.63, 3.8) is 0 Å². The number of aromatic nitrogens is 1. The Morgan fingerprint density at radius 3 is 2.62 bits per heavy atom. The minimum Gasteiger partial charge on any atom is -0.491 e. The van der Waals surface area contributed by atoms with Crippen LogP contribution in [-0.4, -0.2) is 16.2 Å². The third-order valence-electron chi connectivity index (χ3n) is 3.35. The van der Waals surface area contributed by atoms with E-state index in [1.807, 2.05) is 39.0 Å². The Bertz CT molecular complexity index is 598. The van der Waals surface area contributed by atoms with Crippen LogP contribution >= 0.6 is 0 Å². The van der Waals surface area contributed by atoms with Gasteiger partial charge in [-0.2, -0.15) is 0 Å². The number of hydrogen-bond acceptors (Lipinski definition) is 3. The third-order valence-corrected chi connectivity index (χ3v) is 3.35. The van der Waals surface area contributed by atoms with Gasteiger partial charge in [0.05, 0.1) is 18.0 Å². The molecular weight excluding hydrogens is 269 g/mol. The van der Waals surface area contributed by atoms with Crippen LogP contribution in [-0.2, 0) is 5.60 Å². The highest BCUT2D eigenvalue weighted by Crippen LogP contribution is 2.33. The van der Waals surface area contributed by atoms with Crippen molar-refractivity contribution in [1.29, 1.82) is 0 Å². The van der Waals surface area contributed by atoms with E-state index in [1.54, 1.807) is 6.07 Å². The van der Waals surface area contributed by atoms with Gasteiger partial charge in [-0.05, 0) is 50.1 Å². The van der Waals surface area contributed by atoms with Crippen molar-refractivity contribution in [2.24, 2.45) is 0 Å². The molecule has 1 atom stereocenters. The Morgan fingerprint density at radius 1 is 1.29 bits per heavy atom. The Labute approximate surface area is 124 Å². The highest BCUT2D eigenvalue weighted by atomic mass is 19.1. The molecule has 1 aromatic carbocycles. The summed E-state index contributed by atoms with van der Waals surface area (Å²) in [5, 5.41) is 11.0. The second-order valence-corrected chi connectivity index (χ2v) is 5.27. The molecule has 0 aliphatic rings. The van der Waals surface area contributed by atoms with E-state index in [0.717, 1.165) is 6.20 Å². The first-order chi connectivity index (χ1) is 9.95. The lowest BCUT2D eigenvalue weighted by atomic mass is 9.87. The molecule has 2 rings (SSSR count). The average molecular weight is 289 g/mol. The number of rotatable bonds is 5. The quantitative estimate of drug-likeness (QED) is 0.913. The molecule has 1 unspecified atom stereocenters. The number of aliphatic hydroxyl groups is 1. The van der Waals surface area contributed by atoms with Crippen molar-refractivity contribution in [1.82, 2.24) is 4.98 Å². The summed E-state index contributed by atoms with van der Waals surface area (Å²) in [5.74, 6) is 0.269. The van der Waals surface area contributed by atoms with Gasteiger partial charge in [-0.3, -0.25) is 4.98 Å². The van der Waals surface area contributed by atoms with Crippen LogP contribution in [0.1, 0.15) is 38.4 Å². The summed E-state index contributed by atoms with van der Waals surface area (Å²) in [6.07, 6.45) is 1.60. The van der Waals surface area contributed by atoms with Gasteiger partial charge in [0.2, 0.25) is 0 Å². The summed E-state index contributed by atoms with van der Waals surface area (Å²) in [6, 6.07) is 10.1. The number of pyridine rings is 1. The summed E-state index contributed by atoms with van der Waals surface area (Å²) < 4.78 is 18.7. The van der Waals surface area contributed by atoms with Gasteiger partial charge in [-0.25, -0.2) is 4.39 Å². The molecule has 1 aromatic heterocycles. The highest BCUT2D eigenvalue weighted by Gasteiger charge is 2.31. The minimum absolute atomic E-state index is 0.0546. The van der Waals surface area contributed by atoms with Crippen molar-refractivity contribution in [2.75, 3.05) is 0 Å². The van der Waals surface area contributed by atoms with Gasteiger partial charge in [0.1, 0.15) is 17.2 Å². The molecule has 1 heterocycles. The summed E-state index contributed by atoms with van der Waals surface area (Å²) in [6.45, 7) is 5.75. The first-order valence-corrected chi connectivity index (χ1v) is 7.07. The van der Waals surface area contributed by atoms with E-state index in [-0.39, 0.29) is 6.10 Å². The van der Waals surface area contributed by atoms with E-state index in [1.165, 1.54) is 12.1 Å². The van der Waals surface area contributed by atoms with Crippen molar-refractivity contribution in [3.8, 4) is 5.75 Å². The summed E-state index contributed by atoms with van der Waals surface area (Å²) >= 11 is 0. The molecule has 3 nitrogen and oxygen atoms in total. The van der Waals surface area contributed by atoms with E-state index in [2.05, 4.69) is 4.98 Å². The molecule has 0 bridgehead atoms.